The molecular formula is C16H10N2O10S4. The molecule has 4 heterocycles. The van der Waals surface area contributed by atoms with E-state index in [9.17, 15) is 37.3 Å². The average molecular weight is 519 g/mol. The highest BCUT2D eigenvalue weighted by atomic mass is 32.3. The van der Waals surface area contributed by atoms with E-state index < -0.39 is 43.8 Å². The molecule has 0 fully saturated rings. The maximum Gasteiger partial charge on any atom is 0.366 e. The summed E-state index contributed by atoms with van der Waals surface area (Å²) in [5, 5.41) is 44.7. The van der Waals surface area contributed by atoms with Crippen LogP contribution in [0.25, 0.3) is 22.3 Å². The molecule has 16 heteroatoms. The lowest BCUT2D eigenvalue weighted by atomic mass is 9.86. The first-order chi connectivity index (χ1) is 15.0. The Kier molecular flexibility index (Phi) is 4.23. The van der Waals surface area contributed by atoms with Crippen molar-refractivity contribution in [3.63, 3.8) is 0 Å². The van der Waals surface area contributed by atoms with Gasteiger partial charge in [-0.25, -0.2) is 0 Å². The van der Waals surface area contributed by atoms with E-state index in [0.29, 0.717) is 0 Å². The first kappa shape index (κ1) is 20.6. The van der Waals surface area contributed by atoms with Crippen molar-refractivity contribution in [3.05, 3.63) is 35.0 Å². The Morgan fingerprint density at radius 1 is 0.625 bits per heavy atom. The number of hydrogen-bond acceptors (Lipinski definition) is 12. The lowest BCUT2D eigenvalue weighted by Gasteiger charge is -2.13. The molecular weight excluding hydrogens is 508 g/mol. The third-order valence-electron chi connectivity index (χ3n) is 4.49. The second-order valence-electron chi connectivity index (χ2n) is 6.30. The molecule has 0 radical (unpaired) electrons. The first-order valence-corrected chi connectivity index (χ1v) is 12.9. The first-order valence-electron chi connectivity index (χ1n) is 8.35. The Morgan fingerprint density at radius 2 is 0.938 bits per heavy atom. The van der Waals surface area contributed by atoms with Gasteiger partial charge in [-0.2, -0.15) is 16.8 Å². The third-order valence-corrected chi connectivity index (χ3v) is 9.57. The van der Waals surface area contributed by atoms with Gasteiger partial charge in [0.2, 0.25) is 23.5 Å². The topological polar surface area (TPSA) is 178 Å². The third kappa shape index (κ3) is 2.70. The maximum absolute atomic E-state index is 12.3. The molecule has 4 aromatic rings. The van der Waals surface area contributed by atoms with Gasteiger partial charge in [-0.1, -0.05) is 21.6 Å². The monoisotopic (exact) mass is 518 g/mol. The van der Waals surface area contributed by atoms with Crippen LogP contribution in [0.4, 0.5) is 0 Å². The summed E-state index contributed by atoms with van der Waals surface area (Å²) in [4.78, 5) is 0. The Labute approximate surface area is 187 Å². The SMILES string of the molecule is O=S(=O)(On1c(O)c2c(c1O)-c1c-2c(O)n(OS(=O)(=O)c2cccs2)c1O)c1cccs1. The number of fused-ring (bicyclic) bond motifs is 4. The molecule has 4 aromatic heterocycles. The highest BCUT2D eigenvalue weighted by molar-refractivity contribution is 7.89. The molecule has 1 aliphatic rings. The summed E-state index contributed by atoms with van der Waals surface area (Å²) in [5.41, 5.74) is -1.10. The summed E-state index contributed by atoms with van der Waals surface area (Å²) in [6, 6.07) is 5.42. The van der Waals surface area contributed by atoms with Crippen molar-refractivity contribution in [3.8, 4) is 45.8 Å². The fourth-order valence-electron chi connectivity index (χ4n) is 3.16. The van der Waals surface area contributed by atoms with Gasteiger partial charge >= 0.3 is 20.2 Å². The van der Waals surface area contributed by atoms with Crippen LogP contribution in [0.15, 0.2) is 43.4 Å². The minimum absolute atomic E-state index is 0.199. The molecule has 0 amide bonds. The van der Waals surface area contributed by atoms with Crippen molar-refractivity contribution in [1.29, 1.82) is 0 Å². The predicted molar refractivity (Wildman–Crippen MR) is 110 cm³/mol. The van der Waals surface area contributed by atoms with Crippen LogP contribution in [0.1, 0.15) is 0 Å². The summed E-state index contributed by atoms with van der Waals surface area (Å²) in [6.45, 7) is 0. The van der Waals surface area contributed by atoms with Crippen LogP contribution in [-0.2, 0) is 20.2 Å². The van der Waals surface area contributed by atoms with Gasteiger partial charge in [0.15, 0.2) is 8.42 Å². The highest BCUT2D eigenvalue weighted by Gasteiger charge is 2.46. The Morgan fingerprint density at radius 3 is 1.19 bits per heavy atom. The summed E-state index contributed by atoms with van der Waals surface area (Å²) in [6.07, 6.45) is 0. The second-order valence-corrected chi connectivity index (χ2v) is 11.7. The number of hydrogen-bond donors (Lipinski definition) is 4. The molecule has 12 nitrogen and oxygen atoms in total. The number of aromatic nitrogens is 2. The second kappa shape index (κ2) is 6.58. The molecule has 0 unspecified atom stereocenters. The molecule has 0 aromatic carbocycles. The Bertz CT molecular complexity index is 1390. The van der Waals surface area contributed by atoms with Gasteiger partial charge in [0.05, 0.1) is 22.3 Å². The lowest BCUT2D eigenvalue weighted by molar-refractivity contribution is 0.202. The minimum Gasteiger partial charge on any atom is -0.492 e. The van der Waals surface area contributed by atoms with Crippen LogP contribution < -0.4 is 8.57 Å². The van der Waals surface area contributed by atoms with E-state index in [1.165, 1.54) is 35.0 Å². The number of aromatic hydroxyl groups is 4. The van der Waals surface area contributed by atoms with E-state index in [1.807, 2.05) is 0 Å². The Balaban J connectivity index is 1.56. The molecule has 5 rings (SSSR count). The molecule has 168 valence electrons. The molecule has 0 saturated carbocycles. The smallest absolute Gasteiger partial charge is 0.366 e. The van der Waals surface area contributed by atoms with Crippen LogP contribution in [-0.4, -0.2) is 46.7 Å². The van der Waals surface area contributed by atoms with Gasteiger partial charge in [0, 0.05) is 0 Å². The standard InChI is InChI=1S/C16H10N2O10S4/c19-13-9-10(14(20)17(13)27-31(23,24)7-3-1-5-29-7)12-11(9)15(21)18(16(12)22)28-32(25,26)8-4-2-6-30-8/h1-6,19-22H. The molecule has 0 atom stereocenters. The largest absolute Gasteiger partial charge is 0.492 e. The van der Waals surface area contributed by atoms with Crippen LogP contribution in [0.5, 0.6) is 23.5 Å². The van der Waals surface area contributed by atoms with Crippen LogP contribution in [0, 0.1) is 0 Å². The average Bonchev–Trinajstić information content (AvgIpc) is 3.47. The molecule has 0 bridgehead atoms. The van der Waals surface area contributed by atoms with Crippen LogP contribution in [0.2, 0.25) is 0 Å². The quantitative estimate of drug-likeness (QED) is 0.258. The number of thiophene rings is 2. The van der Waals surface area contributed by atoms with Crippen LogP contribution >= 0.6 is 22.7 Å². The van der Waals surface area contributed by atoms with Gasteiger partial charge in [-0.3, -0.25) is 8.57 Å². The summed E-state index contributed by atoms with van der Waals surface area (Å²) in [7, 11) is -8.82. The van der Waals surface area contributed by atoms with Gasteiger partial charge in [0.25, 0.3) is 0 Å². The minimum atomic E-state index is -4.41. The van der Waals surface area contributed by atoms with Crippen molar-refractivity contribution in [1.82, 2.24) is 9.46 Å². The maximum atomic E-state index is 12.3. The van der Waals surface area contributed by atoms with E-state index in [4.69, 9.17) is 8.57 Å². The normalized spacial score (nSPS) is 12.8. The van der Waals surface area contributed by atoms with Crippen molar-refractivity contribution in [2.45, 2.75) is 8.42 Å². The lowest BCUT2D eigenvalue weighted by Crippen LogP contribution is -2.19. The molecule has 0 saturated heterocycles. The summed E-state index contributed by atoms with van der Waals surface area (Å²) in [5.74, 6) is -3.62. The van der Waals surface area contributed by atoms with Crippen molar-refractivity contribution >= 4 is 42.9 Å². The predicted octanol–water partition coefficient (Wildman–Crippen LogP) is 1.52. The van der Waals surface area contributed by atoms with Crippen molar-refractivity contribution < 1.29 is 45.8 Å². The Hall–Kier alpha value is -3.34. The van der Waals surface area contributed by atoms with E-state index in [0.717, 1.165) is 22.7 Å². The molecule has 0 spiro atoms. The van der Waals surface area contributed by atoms with Crippen molar-refractivity contribution in [2.24, 2.45) is 0 Å². The molecule has 4 N–H and O–H groups in total. The summed E-state index contributed by atoms with van der Waals surface area (Å²) < 4.78 is 58.9. The van der Waals surface area contributed by atoms with E-state index in [-0.39, 0.29) is 40.1 Å². The molecule has 0 aliphatic heterocycles. The summed E-state index contributed by atoms with van der Waals surface area (Å²) >= 11 is 1.68. The van der Waals surface area contributed by atoms with E-state index in [1.54, 1.807) is 0 Å². The van der Waals surface area contributed by atoms with E-state index in [2.05, 4.69) is 0 Å². The van der Waals surface area contributed by atoms with Gasteiger partial charge in [-0.15, -0.1) is 22.7 Å². The number of nitrogens with zero attached hydrogens (tertiary/aromatic N) is 2. The van der Waals surface area contributed by atoms with Gasteiger partial charge in [0.1, 0.15) is 0 Å². The highest BCUT2D eigenvalue weighted by Crippen LogP contribution is 2.64. The van der Waals surface area contributed by atoms with E-state index >= 15 is 0 Å². The zero-order valence-corrected chi connectivity index (χ0v) is 18.5. The fourth-order valence-corrected chi connectivity index (χ4v) is 6.83. The molecule has 32 heavy (non-hydrogen) atoms. The van der Waals surface area contributed by atoms with Gasteiger partial charge in [-0.05, 0) is 22.9 Å². The zero-order chi connectivity index (χ0) is 23.0. The number of rotatable bonds is 6. The molecule has 1 aliphatic carbocycles. The zero-order valence-electron chi connectivity index (χ0n) is 15.2. The van der Waals surface area contributed by atoms with Gasteiger partial charge < -0.3 is 20.4 Å². The fraction of sp³-hybridized carbons (Fsp3) is 0. The van der Waals surface area contributed by atoms with Crippen molar-refractivity contribution in [2.75, 3.05) is 0 Å². The van der Waals surface area contributed by atoms with Crippen LogP contribution in [0.3, 0.4) is 0 Å².